The Bertz CT molecular complexity index is 548. The number of hydrogen-bond acceptors (Lipinski definition) is 3. The summed E-state index contributed by atoms with van der Waals surface area (Å²) in [5.74, 6) is 0.822. The number of nitrogens with zero attached hydrogens (tertiary/aromatic N) is 1. The van der Waals surface area contributed by atoms with E-state index < -0.39 is 6.10 Å². The molecule has 100 valence electrons. The summed E-state index contributed by atoms with van der Waals surface area (Å²) < 4.78 is 5.29. The highest BCUT2D eigenvalue weighted by Crippen LogP contribution is 2.29. The lowest BCUT2D eigenvalue weighted by Gasteiger charge is -2.28. The van der Waals surface area contributed by atoms with E-state index in [2.05, 4.69) is 24.1 Å². The quantitative estimate of drug-likeness (QED) is 0.918. The van der Waals surface area contributed by atoms with Crippen LogP contribution in [0.3, 0.4) is 0 Å². The van der Waals surface area contributed by atoms with Gasteiger partial charge in [0.1, 0.15) is 5.76 Å². The van der Waals surface area contributed by atoms with E-state index >= 15 is 0 Å². The van der Waals surface area contributed by atoms with Crippen LogP contribution in [-0.4, -0.2) is 18.7 Å². The largest absolute Gasteiger partial charge is 0.469 e. The maximum atomic E-state index is 10.3. The number of furan rings is 1. The Kier molecular flexibility index (Phi) is 3.30. The molecule has 3 rings (SSSR count). The summed E-state index contributed by atoms with van der Waals surface area (Å²) in [6.07, 6.45) is 3.96. The molecular formula is C16H19NO2. The monoisotopic (exact) mass is 257 g/mol. The molecule has 1 unspecified atom stereocenters. The molecule has 1 aromatic carbocycles. The van der Waals surface area contributed by atoms with Crippen LogP contribution in [0.1, 0.15) is 29.4 Å². The molecule has 0 bridgehead atoms. The van der Waals surface area contributed by atoms with E-state index in [9.17, 15) is 5.11 Å². The summed E-state index contributed by atoms with van der Waals surface area (Å²) in [5, 5.41) is 10.3. The Labute approximate surface area is 113 Å². The van der Waals surface area contributed by atoms with E-state index in [4.69, 9.17) is 4.42 Å². The van der Waals surface area contributed by atoms with Crippen molar-refractivity contribution in [2.24, 2.45) is 0 Å². The van der Waals surface area contributed by atoms with Crippen molar-refractivity contribution in [1.82, 2.24) is 0 Å². The zero-order valence-corrected chi connectivity index (χ0v) is 11.2. The van der Waals surface area contributed by atoms with E-state index in [0.717, 1.165) is 24.3 Å². The molecule has 1 aliphatic rings. The van der Waals surface area contributed by atoms with Crippen LogP contribution in [0.5, 0.6) is 0 Å². The molecule has 2 heterocycles. The molecule has 19 heavy (non-hydrogen) atoms. The minimum atomic E-state index is -0.497. The van der Waals surface area contributed by atoms with Gasteiger partial charge in [-0.3, -0.25) is 0 Å². The Morgan fingerprint density at radius 2 is 2.26 bits per heavy atom. The van der Waals surface area contributed by atoms with Crippen molar-refractivity contribution >= 4 is 5.69 Å². The lowest BCUT2D eigenvalue weighted by molar-refractivity contribution is 0.170. The molecule has 0 fully saturated rings. The molecule has 1 aromatic heterocycles. The molecule has 0 spiro atoms. The second kappa shape index (κ2) is 5.10. The van der Waals surface area contributed by atoms with Crippen LogP contribution in [0.25, 0.3) is 0 Å². The standard InChI is InChI=1S/C16H19NO2/c1-17-8-2-4-12-10-13(6-7-15(12)17)16(18)11-14-5-3-9-19-14/h3,5-7,9-10,16,18H,2,4,8,11H2,1H3. The lowest BCUT2D eigenvalue weighted by atomic mass is 9.96. The third kappa shape index (κ3) is 2.51. The van der Waals surface area contributed by atoms with Gasteiger partial charge in [-0.25, -0.2) is 0 Å². The minimum Gasteiger partial charge on any atom is -0.469 e. The molecule has 1 N–H and O–H groups in total. The van der Waals surface area contributed by atoms with Crippen LogP contribution in [-0.2, 0) is 12.8 Å². The van der Waals surface area contributed by atoms with Gasteiger partial charge in [0, 0.05) is 25.7 Å². The van der Waals surface area contributed by atoms with E-state index in [-0.39, 0.29) is 0 Å². The molecule has 1 atom stereocenters. The number of fused-ring (bicyclic) bond motifs is 1. The molecule has 3 heteroatoms. The fourth-order valence-electron chi connectivity index (χ4n) is 2.75. The number of aliphatic hydroxyl groups excluding tert-OH is 1. The summed E-state index contributed by atoms with van der Waals surface area (Å²) in [6, 6.07) is 10.0. The zero-order chi connectivity index (χ0) is 13.2. The Morgan fingerprint density at radius 3 is 3.05 bits per heavy atom. The topological polar surface area (TPSA) is 36.6 Å². The van der Waals surface area contributed by atoms with Crippen molar-refractivity contribution in [3.05, 3.63) is 53.5 Å². The van der Waals surface area contributed by atoms with E-state index in [1.165, 1.54) is 17.7 Å². The van der Waals surface area contributed by atoms with E-state index in [1.54, 1.807) is 6.26 Å². The Morgan fingerprint density at radius 1 is 1.37 bits per heavy atom. The van der Waals surface area contributed by atoms with Crippen molar-refractivity contribution in [1.29, 1.82) is 0 Å². The summed E-state index contributed by atoms with van der Waals surface area (Å²) >= 11 is 0. The van der Waals surface area contributed by atoms with Crippen LogP contribution >= 0.6 is 0 Å². The normalized spacial score (nSPS) is 16.2. The number of hydrogen-bond donors (Lipinski definition) is 1. The van der Waals surface area contributed by atoms with Gasteiger partial charge in [-0.2, -0.15) is 0 Å². The van der Waals surface area contributed by atoms with Crippen molar-refractivity contribution in [2.75, 3.05) is 18.5 Å². The SMILES string of the molecule is CN1CCCc2cc(C(O)Cc3ccco3)ccc21. The van der Waals surface area contributed by atoms with Crippen molar-refractivity contribution in [3.8, 4) is 0 Å². The third-order valence-electron chi connectivity index (χ3n) is 3.81. The molecule has 0 saturated heterocycles. The number of anilines is 1. The van der Waals surface area contributed by atoms with Gasteiger partial charge in [0.15, 0.2) is 0 Å². The average molecular weight is 257 g/mol. The van der Waals surface area contributed by atoms with Crippen molar-refractivity contribution in [2.45, 2.75) is 25.4 Å². The van der Waals surface area contributed by atoms with Crippen molar-refractivity contribution in [3.63, 3.8) is 0 Å². The first-order chi connectivity index (χ1) is 9.24. The highest BCUT2D eigenvalue weighted by molar-refractivity contribution is 5.56. The van der Waals surface area contributed by atoms with Crippen LogP contribution in [0.4, 0.5) is 5.69 Å². The average Bonchev–Trinajstić information content (AvgIpc) is 2.91. The molecule has 0 aliphatic carbocycles. The first-order valence-electron chi connectivity index (χ1n) is 6.78. The zero-order valence-electron chi connectivity index (χ0n) is 11.2. The third-order valence-corrected chi connectivity index (χ3v) is 3.81. The van der Waals surface area contributed by atoms with Crippen LogP contribution < -0.4 is 4.90 Å². The predicted molar refractivity (Wildman–Crippen MR) is 75.4 cm³/mol. The summed E-state index contributed by atoms with van der Waals surface area (Å²) in [5.41, 5.74) is 3.61. The first-order valence-corrected chi connectivity index (χ1v) is 6.78. The van der Waals surface area contributed by atoms with Crippen LogP contribution in [0.15, 0.2) is 41.0 Å². The molecule has 3 nitrogen and oxygen atoms in total. The number of aliphatic hydroxyl groups is 1. The van der Waals surface area contributed by atoms with Gasteiger partial charge in [0.05, 0.1) is 12.4 Å². The smallest absolute Gasteiger partial charge is 0.106 e. The molecule has 2 aromatic rings. The Balaban J connectivity index is 1.81. The number of rotatable bonds is 3. The summed E-state index contributed by atoms with van der Waals surface area (Å²) in [7, 11) is 2.12. The summed E-state index contributed by atoms with van der Waals surface area (Å²) in [4.78, 5) is 2.28. The molecule has 0 amide bonds. The summed E-state index contributed by atoms with van der Waals surface area (Å²) in [6.45, 7) is 1.11. The maximum absolute atomic E-state index is 10.3. The second-order valence-corrected chi connectivity index (χ2v) is 5.21. The molecule has 0 radical (unpaired) electrons. The highest BCUT2D eigenvalue weighted by Gasteiger charge is 2.17. The lowest BCUT2D eigenvalue weighted by Crippen LogP contribution is -2.24. The number of benzene rings is 1. The Hall–Kier alpha value is -1.74. The number of aryl methyl sites for hydroxylation is 1. The fraction of sp³-hybridized carbons (Fsp3) is 0.375. The molecule has 1 aliphatic heterocycles. The maximum Gasteiger partial charge on any atom is 0.106 e. The minimum absolute atomic E-state index is 0.497. The van der Waals surface area contributed by atoms with E-state index in [1.807, 2.05) is 18.2 Å². The molecular weight excluding hydrogens is 238 g/mol. The van der Waals surface area contributed by atoms with Gasteiger partial charge >= 0.3 is 0 Å². The van der Waals surface area contributed by atoms with Crippen molar-refractivity contribution < 1.29 is 9.52 Å². The van der Waals surface area contributed by atoms with E-state index in [0.29, 0.717) is 6.42 Å². The second-order valence-electron chi connectivity index (χ2n) is 5.21. The van der Waals surface area contributed by atoms with Gasteiger partial charge in [-0.15, -0.1) is 0 Å². The predicted octanol–water partition coefficient (Wildman–Crippen LogP) is 2.94. The van der Waals surface area contributed by atoms with Gasteiger partial charge in [-0.1, -0.05) is 12.1 Å². The fourth-order valence-corrected chi connectivity index (χ4v) is 2.75. The van der Waals surface area contributed by atoms with Gasteiger partial charge in [0.25, 0.3) is 0 Å². The molecule has 0 saturated carbocycles. The van der Waals surface area contributed by atoms with Gasteiger partial charge in [0.2, 0.25) is 0 Å². The first kappa shape index (κ1) is 12.3. The van der Waals surface area contributed by atoms with Gasteiger partial charge < -0.3 is 14.4 Å². The van der Waals surface area contributed by atoms with Crippen LogP contribution in [0.2, 0.25) is 0 Å². The van der Waals surface area contributed by atoms with Crippen LogP contribution in [0, 0.1) is 0 Å². The highest BCUT2D eigenvalue weighted by atomic mass is 16.3. The van der Waals surface area contributed by atoms with Gasteiger partial charge in [-0.05, 0) is 42.2 Å².